The van der Waals surface area contributed by atoms with Crippen LogP contribution in [0.5, 0.6) is 5.75 Å². The summed E-state index contributed by atoms with van der Waals surface area (Å²) in [6.45, 7) is -0.665. The molecule has 0 aromatic heterocycles. The third-order valence-corrected chi connectivity index (χ3v) is 4.81. The smallest absolute Gasteiger partial charge is 0.462 e. The average Bonchev–Trinajstić information content (AvgIpc) is 2.68. The van der Waals surface area contributed by atoms with E-state index in [0.717, 1.165) is 11.1 Å². The van der Waals surface area contributed by atoms with Crippen molar-refractivity contribution in [1.82, 2.24) is 0 Å². The van der Waals surface area contributed by atoms with Gasteiger partial charge in [-0.05, 0) is 23.3 Å². The molecular formula is C18H21O9P. The van der Waals surface area contributed by atoms with Crippen LogP contribution in [0.1, 0.15) is 0 Å². The number of rotatable bonds is 6. The zero-order chi connectivity index (χ0) is 20.3. The molecule has 152 valence electrons. The minimum absolute atomic E-state index is 0.312. The van der Waals surface area contributed by atoms with Crippen molar-refractivity contribution in [3.63, 3.8) is 0 Å². The Labute approximate surface area is 161 Å². The highest BCUT2D eigenvalue weighted by molar-refractivity contribution is 7.46. The molecule has 3 rings (SSSR count). The maximum absolute atomic E-state index is 11.1. The van der Waals surface area contributed by atoms with Gasteiger partial charge in [0.05, 0.1) is 6.61 Å². The van der Waals surface area contributed by atoms with E-state index >= 15 is 0 Å². The fourth-order valence-corrected chi connectivity index (χ4v) is 3.49. The predicted octanol–water partition coefficient (Wildman–Crippen LogP) is 0.649. The Kier molecular flexibility index (Phi) is 6.49. The molecule has 1 saturated heterocycles. The second kappa shape index (κ2) is 8.69. The van der Waals surface area contributed by atoms with Crippen molar-refractivity contribution >= 4 is 7.82 Å². The van der Waals surface area contributed by atoms with Gasteiger partial charge < -0.3 is 34.6 Å². The second-order valence-corrected chi connectivity index (χ2v) is 7.47. The van der Waals surface area contributed by atoms with Gasteiger partial charge in [0, 0.05) is 0 Å². The lowest BCUT2D eigenvalue weighted by molar-refractivity contribution is -0.274. The van der Waals surface area contributed by atoms with Gasteiger partial charge in [-0.2, -0.15) is 0 Å². The summed E-state index contributed by atoms with van der Waals surface area (Å²) in [7, 11) is -5.01. The number of benzene rings is 2. The molecule has 5 N–H and O–H groups in total. The first kappa shape index (κ1) is 20.9. The van der Waals surface area contributed by atoms with E-state index in [1.807, 2.05) is 30.3 Å². The highest BCUT2D eigenvalue weighted by Crippen LogP contribution is 2.41. The number of phosphoric ester groups is 1. The Morgan fingerprint density at radius 2 is 1.54 bits per heavy atom. The van der Waals surface area contributed by atoms with Crippen LogP contribution in [0.4, 0.5) is 0 Å². The Hall–Kier alpha value is -1.81. The summed E-state index contributed by atoms with van der Waals surface area (Å²) < 4.78 is 26.5. The Balaban J connectivity index is 1.75. The van der Waals surface area contributed by atoms with Crippen molar-refractivity contribution in [1.29, 1.82) is 0 Å². The summed E-state index contributed by atoms with van der Waals surface area (Å²) in [4.78, 5) is 18.0. The molecule has 9 nitrogen and oxygen atoms in total. The standard InChI is InChI=1S/C18H21O9P/c19-10-14-15(20)17(27-28(22,23)24)16(21)18(26-14)25-13-8-6-12(7-9-13)11-4-2-1-3-5-11/h1-9,14-21H,10H2,(H2,22,23,24)/t14-,15-,16+,17+,18+/m1/s1. The van der Waals surface area contributed by atoms with Gasteiger partial charge in [-0.25, -0.2) is 4.57 Å². The zero-order valence-corrected chi connectivity index (χ0v) is 15.5. The molecule has 0 bridgehead atoms. The van der Waals surface area contributed by atoms with Gasteiger partial charge in [0.15, 0.2) is 0 Å². The maximum Gasteiger partial charge on any atom is 0.470 e. The van der Waals surface area contributed by atoms with Crippen LogP contribution in [-0.4, -0.2) is 62.4 Å². The van der Waals surface area contributed by atoms with E-state index in [0.29, 0.717) is 5.75 Å². The van der Waals surface area contributed by atoms with Crippen LogP contribution in [0.3, 0.4) is 0 Å². The maximum atomic E-state index is 11.1. The number of phosphoric acid groups is 1. The SMILES string of the molecule is O=P(O)(O)O[C@@H]1[C@H](O)[C@@H](Oc2ccc(-c3ccccc3)cc2)O[C@H](CO)[C@H]1O. The molecule has 0 amide bonds. The van der Waals surface area contributed by atoms with E-state index in [9.17, 15) is 19.9 Å². The summed E-state index contributed by atoms with van der Waals surface area (Å²) >= 11 is 0. The van der Waals surface area contributed by atoms with Gasteiger partial charge in [-0.3, -0.25) is 4.52 Å². The third-order valence-electron chi connectivity index (χ3n) is 4.29. The quantitative estimate of drug-likeness (QED) is 0.432. The molecule has 0 unspecified atom stereocenters. The largest absolute Gasteiger partial charge is 0.470 e. The number of aliphatic hydroxyl groups excluding tert-OH is 3. The van der Waals surface area contributed by atoms with Crippen LogP contribution in [0.15, 0.2) is 54.6 Å². The van der Waals surface area contributed by atoms with Crippen molar-refractivity contribution in [3.05, 3.63) is 54.6 Å². The molecule has 0 radical (unpaired) electrons. The molecule has 1 heterocycles. The highest BCUT2D eigenvalue weighted by atomic mass is 31.2. The van der Waals surface area contributed by atoms with Gasteiger partial charge in [-0.15, -0.1) is 0 Å². The minimum atomic E-state index is -5.01. The molecule has 5 atom stereocenters. The summed E-state index contributed by atoms with van der Waals surface area (Å²) in [5.41, 5.74) is 1.94. The van der Waals surface area contributed by atoms with Crippen LogP contribution in [0.25, 0.3) is 11.1 Å². The zero-order valence-electron chi connectivity index (χ0n) is 14.6. The first-order valence-corrected chi connectivity index (χ1v) is 10.00. The van der Waals surface area contributed by atoms with Gasteiger partial charge >= 0.3 is 7.82 Å². The molecule has 28 heavy (non-hydrogen) atoms. The van der Waals surface area contributed by atoms with E-state index in [-0.39, 0.29) is 0 Å². The van der Waals surface area contributed by atoms with Crippen LogP contribution in [0.2, 0.25) is 0 Å². The Bertz CT molecular complexity index is 808. The molecule has 1 aliphatic rings. The van der Waals surface area contributed by atoms with Gasteiger partial charge in [0.25, 0.3) is 0 Å². The van der Waals surface area contributed by atoms with Crippen LogP contribution < -0.4 is 4.74 Å². The lowest BCUT2D eigenvalue weighted by Crippen LogP contribution is -2.60. The molecular weight excluding hydrogens is 391 g/mol. The molecule has 0 saturated carbocycles. The van der Waals surface area contributed by atoms with Crippen LogP contribution in [-0.2, 0) is 13.8 Å². The summed E-state index contributed by atoms with van der Waals surface area (Å²) in [5, 5.41) is 29.7. The van der Waals surface area contributed by atoms with Crippen LogP contribution in [0, 0.1) is 0 Å². The second-order valence-electron chi connectivity index (χ2n) is 6.28. The van der Waals surface area contributed by atoms with Gasteiger partial charge in [0.2, 0.25) is 6.29 Å². The van der Waals surface area contributed by atoms with E-state index in [2.05, 4.69) is 4.52 Å². The fourth-order valence-electron chi connectivity index (χ4n) is 2.92. The fraction of sp³-hybridized carbons (Fsp3) is 0.333. The lowest BCUT2D eigenvalue weighted by atomic mass is 9.99. The first-order valence-electron chi connectivity index (χ1n) is 8.47. The van der Waals surface area contributed by atoms with Crippen molar-refractivity contribution in [2.24, 2.45) is 0 Å². The Morgan fingerprint density at radius 1 is 0.929 bits per heavy atom. The van der Waals surface area contributed by atoms with E-state index in [1.54, 1.807) is 24.3 Å². The Morgan fingerprint density at radius 3 is 2.11 bits per heavy atom. The molecule has 0 aliphatic carbocycles. The monoisotopic (exact) mass is 412 g/mol. The summed E-state index contributed by atoms with van der Waals surface area (Å²) in [5.74, 6) is 0.312. The molecule has 2 aromatic rings. The molecule has 2 aromatic carbocycles. The van der Waals surface area contributed by atoms with E-state index < -0.39 is 45.1 Å². The summed E-state index contributed by atoms with van der Waals surface area (Å²) in [6.07, 6.45) is -7.75. The molecule has 0 spiro atoms. The molecule has 1 fully saturated rings. The average molecular weight is 412 g/mol. The minimum Gasteiger partial charge on any atom is -0.462 e. The van der Waals surface area contributed by atoms with Crippen molar-refractivity contribution in [3.8, 4) is 16.9 Å². The first-order chi connectivity index (χ1) is 13.3. The van der Waals surface area contributed by atoms with Gasteiger partial charge in [-0.1, -0.05) is 42.5 Å². The van der Waals surface area contributed by atoms with Crippen molar-refractivity contribution < 1.29 is 43.7 Å². The number of ether oxygens (including phenoxy) is 2. The van der Waals surface area contributed by atoms with Crippen LogP contribution >= 0.6 is 7.82 Å². The highest BCUT2D eigenvalue weighted by Gasteiger charge is 2.48. The molecule has 1 aliphatic heterocycles. The summed E-state index contributed by atoms with van der Waals surface area (Å²) in [6, 6.07) is 16.5. The number of hydrogen-bond acceptors (Lipinski definition) is 7. The lowest BCUT2D eigenvalue weighted by Gasteiger charge is -2.41. The predicted molar refractivity (Wildman–Crippen MR) is 97.2 cm³/mol. The topological polar surface area (TPSA) is 146 Å². The van der Waals surface area contributed by atoms with Gasteiger partial charge in [0.1, 0.15) is 30.2 Å². The third kappa shape index (κ3) is 4.96. The van der Waals surface area contributed by atoms with Crippen molar-refractivity contribution in [2.75, 3.05) is 6.61 Å². The number of hydrogen-bond donors (Lipinski definition) is 5. The van der Waals surface area contributed by atoms with Crippen molar-refractivity contribution in [2.45, 2.75) is 30.7 Å². The molecule has 10 heteroatoms. The van der Waals surface area contributed by atoms with E-state index in [4.69, 9.17) is 19.3 Å². The number of aliphatic hydroxyl groups is 3. The normalized spacial score (nSPS) is 28.1. The van der Waals surface area contributed by atoms with E-state index in [1.165, 1.54) is 0 Å².